The molecule has 0 heterocycles. The third-order valence-corrected chi connectivity index (χ3v) is 4.51. The van der Waals surface area contributed by atoms with E-state index in [0.717, 1.165) is 24.8 Å². The Labute approximate surface area is 118 Å². The standard InChI is InChI=1S/C16H18O2S/c1-2-15(17)16(18)12-8-10-14(11-9-12)19-13-6-4-3-5-7-13/h2-8,14,17H,9-11H2,1H3/b15-2-. The van der Waals surface area contributed by atoms with Crippen LogP contribution in [0.15, 0.2) is 58.7 Å². The first-order chi connectivity index (χ1) is 9.20. The molecule has 1 aromatic carbocycles. The molecule has 0 radical (unpaired) electrons. The molecule has 0 bridgehead atoms. The molecule has 1 aliphatic rings. The average molecular weight is 274 g/mol. The van der Waals surface area contributed by atoms with E-state index in [9.17, 15) is 9.90 Å². The zero-order valence-corrected chi connectivity index (χ0v) is 11.8. The van der Waals surface area contributed by atoms with Crippen LogP contribution in [-0.2, 0) is 4.79 Å². The van der Waals surface area contributed by atoms with E-state index < -0.39 is 0 Å². The van der Waals surface area contributed by atoms with Gasteiger partial charge in [0.15, 0.2) is 5.76 Å². The van der Waals surface area contributed by atoms with E-state index in [2.05, 4.69) is 12.1 Å². The first-order valence-corrected chi connectivity index (χ1v) is 7.39. The van der Waals surface area contributed by atoms with Gasteiger partial charge in [0.25, 0.3) is 0 Å². The quantitative estimate of drug-likeness (QED) is 0.657. The number of carbonyl (C=O) groups excluding carboxylic acids is 1. The Bertz CT molecular complexity index is 503. The summed E-state index contributed by atoms with van der Waals surface area (Å²) in [5, 5.41) is 9.97. The molecule has 0 fully saturated rings. The summed E-state index contributed by atoms with van der Waals surface area (Å²) in [6.45, 7) is 1.67. The number of Topliss-reactive ketones (excluding diaryl/α,β-unsaturated/α-hetero) is 1. The van der Waals surface area contributed by atoms with Crippen LogP contribution in [0.1, 0.15) is 26.2 Å². The van der Waals surface area contributed by atoms with Gasteiger partial charge in [0, 0.05) is 10.1 Å². The lowest BCUT2D eigenvalue weighted by atomic mass is 9.95. The lowest BCUT2D eigenvalue weighted by Gasteiger charge is -2.20. The molecule has 0 amide bonds. The van der Waals surface area contributed by atoms with Gasteiger partial charge in [-0.15, -0.1) is 11.8 Å². The molecular formula is C16H18O2S. The number of rotatable bonds is 4. The highest BCUT2D eigenvalue weighted by Gasteiger charge is 2.21. The molecule has 1 aliphatic carbocycles. The third kappa shape index (κ3) is 3.74. The summed E-state index contributed by atoms with van der Waals surface area (Å²) in [6, 6.07) is 10.3. The Morgan fingerprint density at radius 2 is 2.11 bits per heavy atom. The minimum atomic E-state index is -0.217. The Morgan fingerprint density at radius 1 is 1.37 bits per heavy atom. The Hall–Kier alpha value is -1.48. The van der Waals surface area contributed by atoms with Gasteiger partial charge in [0.1, 0.15) is 0 Å². The number of ketones is 1. The molecule has 1 aromatic rings. The highest BCUT2D eigenvalue weighted by atomic mass is 32.2. The van der Waals surface area contributed by atoms with Gasteiger partial charge in [-0.25, -0.2) is 0 Å². The number of benzene rings is 1. The summed E-state index contributed by atoms with van der Waals surface area (Å²) in [6.07, 6.45) is 6.05. The minimum Gasteiger partial charge on any atom is -0.504 e. The van der Waals surface area contributed by atoms with E-state index in [1.54, 1.807) is 6.92 Å². The van der Waals surface area contributed by atoms with Crippen LogP contribution >= 0.6 is 11.8 Å². The first kappa shape index (κ1) is 13.9. The lowest BCUT2D eigenvalue weighted by molar-refractivity contribution is -0.114. The molecule has 0 aromatic heterocycles. The Morgan fingerprint density at radius 3 is 2.68 bits per heavy atom. The van der Waals surface area contributed by atoms with Crippen LogP contribution in [0, 0.1) is 0 Å². The van der Waals surface area contributed by atoms with E-state index in [1.165, 1.54) is 11.0 Å². The summed E-state index contributed by atoms with van der Waals surface area (Å²) in [5.41, 5.74) is 0.750. The molecule has 2 rings (SSSR count). The lowest BCUT2D eigenvalue weighted by Crippen LogP contribution is -2.14. The van der Waals surface area contributed by atoms with Crippen molar-refractivity contribution in [2.75, 3.05) is 0 Å². The van der Waals surface area contributed by atoms with E-state index >= 15 is 0 Å². The normalized spacial score (nSPS) is 19.9. The Kier molecular flexibility index (Phi) is 4.86. The summed E-state index contributed by atoms with van der Waals surface area (Å²) in [4.78, 5) is 13.1. The second-order valence-electron chi connectivity index (χ2n) is 4.56. The fourth-order valence-corrected chi connectivity index (χ4v) is 3.24. The van der Waals surface area contributed by atoms with Crippen molar-refractivity contribution in [3.63, 3.8) is 0 Å². The summed E-state index contributed by atoms with van der Waals surface area (Å²) >= 11 is 1.86. The molecule has 0 aliphatic heterocycles. The monoisotopic (exact) mass is 274 g/mol. The largest absolute Gasteiger partial charge is 0.504 e. The van der Waals surface area contributed by atoms with Crippen molar-refractivity contribution in [2.24, 2.45) is 0 Å². The van der Waals surface area contributed by atoms with Gasteiger partial charge in [-0.2, -0.15) is 0 Å². The van der Waals surface area contributed by atoms with Gasteiger partial charge in [0.05, 0.1) is 0 Å². The zero-order valence-electron chi connectivity index (χ0n) is 11.0. The molecule has 19 heavy (non-hydrogen) atoms. The van der Waals surface area contributed by atoms with E-state index in [4.69, 9.17) is 0 Å². The number of allylic oxidation sites excluding steroid dienone is 3. The highest BCUT2D eigenvalue weighted by molar-refractivity contribution is 8.00. The van der Waals surface area contributed by atoms with Crippen LogP contribution < -0.4 is 0 Å². The van der Waals surface area contributed by atoms with Gasteiger partial charge in [0.2, 0.25) is 5.78 Å². The molecule has 2 nitrogen and oxygen atoms in total. The van der Waals surface area contributed by atoms with Gasteiger partial charge in [-0.05, 0) is 50.0 Å². The minimum absolute atomic E-state index is 0.139. The molecule has 1 atom stereocenters. The first-order valence-electron chi connectivity index (χ1n) is 6.51. The van der Waals surface area contributed by atoms with Crippen LogP contribution in [-0.4, -0.2) is 16.1 Å². The summed E-state index contributed by atoms with van der Waals surface area (Å²) in [7, 11) is 0. The maximum absolute atomic E-state index is 11.8. The van der Waals surface area contributed by atoms with Crippen LogP contribution in [0.5, 0.6) is 0 Å². The predicted octanol–water partition coefficient (Wildman–Crippen LogP) is 4.29. The number of hydrogen-bond acceptors (Lipinski definition) is 3. The van der Waals surface area contributed by atoms with Crippen molar-refractivity contribution in [2.45, 2.75) is 36.3 Å². The van der Waals surface area contributed by atoms with Crippen LogP contribution in [0.4, 0.5) is 0 Å². The van der Waals surface area contributed by atoms with Crippen molar-refractivity contribution in [3.8, 4) is 0 Å². The van der Waals surface area contributed by atoms with Crippen molar-refractivity contribution < 1.29 is 9.90 Å². The van der Waals surface area contributed by atoms with Gasteiger partial charge in [-0.1, -0.05) is 24.3 Å². The molecule has 1 unspecified atom stereocenters. The van der Waals surface area contributed by atoms with E-state index in [0.29, 0.717) is 5.25 Å². The second kappa shape index (κ2) is 6.62. The number of hydrogen-bond donors (Lipinski definition) is 1. The second-order valence-corrected chi connectivity index (χ2v) is 5.93. The Balaban J connectivity index is 1.95. The maximum Gasteiger partial charge on any atom is 0.222 e. The van der Waals surface area contributed by atoms with Gasteiger partial charge < -0.3 is 5.11 Å². The van der Waals surface area contributed by atoms with Gasteiger partial charge in [-0.3, -0.25) is 4.79 Å². The highest BCUT2D eigenvalue weighted by Crippen LogP contribution is 2.33. The average Bonchev–Trinajstić information content (AvgIpc) is 2.47. The zero-order chi connectivity index (χ0) is 13.7. The number of carbonyl (C=O) groups is 1. The maximum atomic E-state index is 11.8. The summed E-state index contributed by atoms with van der Waals surface area (Å²) in [5.74, 6) is -0.355. The van der Waals surface area contributed by atoms with Crippen molar-refractivity contribution in [3.05, 3.63) is 53.8 Å². The van der Waals surface area contributed by atoms with Crippen molar-refractivity contribution in [1.29, 1.82) is 0 Å². The molecule has 1 N–H and O–H groups in total. The van der Waals surface area contributed by atoms with Crippen LogP contribution in [0.2, 0.25) is 0 Å². The van der Waals surface area contributed by atoms with E-state index in [-0.39, 0.29) is 11.5 Å². The fraction of sp³-hybridized carbons (Fsp3) is 0.312. The van der Waals surface area contributed by atoms with Gasteiger partial charge >= 0.3 is 0 Å². The molecule has 0 saturated heterocycles. The van der Waals surface area contributed by atoms with Crippen molar-refractivity contribution >= 4 is 17.5 Å². The fourth-order valence-electron chi connectivity index (χ4n) is 2.11. The summed E-state index contributed by atoms with van der Waals surface area (Å²) < 4.78 is 0. The predicted molar refractivity (Wildman–Crippen MR) is 79.4 cm³/mol. The SMILES string of the molecule is C/C=C(\O)C(=O)C1=CCC(Sc2ccccc2)CC1. The van der Waals surface area contributed by atoms with Crippen molar-refractivity contribution in [1.82, 2.24) is 0 Å². The number of aliphatic hydroxyl groups excluding tert-OH is 1. The third-order valence-electron chi connectivity index (χ3n) is 3.21. The van der Waals surface area contributed by atoms with E-state index in [1.807, 2.05) is 36.0 Å². The molecule has 0 spiro atoms. The number of thioether (sulfide) groups is 1. The molecule has 0 saturated carbocycles. The van der Waals surface area contributed by atoms with Crippen LogP contribution in [0.25, 0.3) is 0 Å². The molecule has 100 valence electrons. The topological polar surface area (TPSA) is 37.3 Å². The number of aliphatic hydroxyl groups is 1. The molecule has 3 heteroatoms. The molecular weight excluding hydrogens is 256 g/mol. The smallest absolute Gasteiger partial charge is 0.222 e. The van der Waals surface area contributed by atoms with Crippen LogP contribution in [0.3, 0.4) is 0 Å².